The van der Waals surface area contributed by atoms with Crippen LogP contribution in [-0.2, 0) is 4.74 Å². The maximum atomic E-state index is 11.2. The molecule has 0 aliphatic heterocycles. The summed E-state index contributed by atoms with van der Waals surface area (Å²) >= 11 is 3.17. The van der Waals surface area contributed by atoms with Crippen LogP contribution in [0.15, 0.2) is 4.47 Å². The van der Waals surface area contributed by atoms with Gasteiger partial charge < -0.3 is 4.74 Å². The van der Waals surface area contributed by atoms with Gasteiger partial charge in [-0.2, -0.15) is 10.4 Å². The highest BCUT2D eigenvalue weighted by atomic mass is 79.9. The third-order valence-electron chi connectivity index (χ3n) is 1.33. The second-order valence-electron chi connectivity index (χ2n) is 2.25. The third kappa shape index (κ3) is 2.06. The number of esters is 1. The zero-order chi connectivity index (χ0) is 9.84. The van der Waals surface area contributed by atoms with Crippen LogP contribution in [0.5, 0.6) is 0 Å². The number of aromatic amines is 1. The lowest BCUT2D eigenvalue weighted by Gasteiger charge is -1.95. The predicted octanol–water partition coefficient (Wildman–Crippen LogP) is 1.16. The molecule has 13 heavy (non-hydrogen) atoms. The van der Waals surface area contributed by atoms with Crippen molar-refractivity contribution in [2.45, 2.75) is 6.92 Å². The Morgan fingerprint density at radius 3 is 3.00 bits per heavy atom. The van der Waals surface area contributed by atoms with Crippen molar-refractivity contribution < 1.29 is 9.53 Å². The SMILES string of the molecule is Cc1[nH]nc(C(=O)OCC#N)c1Br. The van der Waals surface area contributed by atoms with Crippen molar-refractivity contribution in [2.75, 3.05) is 6.61 Å². The number of hydrogen-bond acceptors (Lipinski definition) is 4. The standard InChI is InChI=1S/C7H6BrN3O2/c1-4-5(8)6(11-10-4)7(12)13-3-2-9/h3H2,1H3,(H,10,11). The van der Waals surface area contributed by atoms with E-state index < -0.39 is 5.97 Å². The van der Waals surface area contributed by atoms with E-state index in [9.17, 15) is 4.79 Å². The average Bonchev–Trinajstić information content (AvgIpc) is 2.44. The minimum Gasteiger partial charge on any atom is -0.445 e. The molecule has 0 aliphatic rings. The molecule has 1 rings (SSSR count). The van der Waals surface area contributed by atoms with E-state index in [0.717, 1.165) is 5.69 Å². The van der Waals surface area contributed by atoms with Crippen LogP contribution in [0, 0.1) is 18.3 Å². The minimum absolute atomic E-state index is 0.160. The molecule has 0 amide bonds. The summed E-state index contributed by atoms with van der Waals surface area (Å²) in [5.74, 6) is -0.613. The Kier molecular flexibility index (Phi) is 3.03. The molecule has 0 unspecified atom stereocenters. The molecule has 0 saturated heterocycles. The first-order valence-electron chi connectivity index (χ1n) is 3.41. The lowest BCUT2D eigenvalue weighted by atomic mass is 10.4. The highest BCUT2D eigenvalue weighted by Gasteiger charge is 2.16. The fourth-order valence-corrected chi connectivity index (χ4v) is 1.06. The first-order chi connectivity index (χ1) is 6.16. The average molecular weight is 244 g/mol. The van der Waals surface area contributed by atoms with Gasteiger partial charge in [-0.25, -0.2) is 4.79 Å². The molecular weight excluding hydrogens is 238 g/mol. The zero-order valence-corrected chi connectivity index (χ0v) is 8.38. The number of aromatic nitrogens is 2. The summed E-state index contributed by atoms with van der Waals surface area (Å²) < 4.78 is 5.12. The van der Waals surface area contributed by atoms with Crippen LogP contribution in [0.25, 0.3) is 0 Å². The molecule has 1 aromatic rings. The molecule has 5 nitrogen and oxygen atoms in total. The molecule has 0 bridgehead atoms. The number of aryl methyl sites for hydroxylation is 1. The van der Waals surface area contributed by atoms with Gasteiger partial charge in [-0.05, 0) is 22.9 Å². The van der Waals surface area contributed by atoms with Gasteiger partial charge in [0.05, 0.1) is 4.47 Å². The van der Waals surface area contributed by atoms with Crippen molar-refractivity contribution in [1.29, 1.82) is 5.26 Å². The summed E-state index contributed by atoms with van der Waals surface area (Å²) in [5.41, 5.74) is 0.900. The number of carbonyl (C=O) groups is 1. The van der Waals surface area contributed by atoms with Gasteiger partial charge in [0.2, 0.25) is 0 Å². The molecule has 0 fully saturated rings. The molecule has 1 heterocycles. The van der Waals surface area contributed by atoms with Crippen molar-refractivity contribution in [1.82, 2.24) is 10.2 Å². The van der Waals surface area contributed by atoms with Gasteiger partial charge in [0, 0.05) is 5.69 Å². The van der Waals surface area contributed by atoms with Crippen molar-refractivity contribution in [3.05, 3.63) is 15.9 Å². The van der Waals surface area contributed by atoms with E-state index >= 15 is 0 Å². The summed E-state index contributed by atoms with van der Waals surface area (Å²) in [4.78, 5) is 11.2. The normalized spacial score (nSPS) is 9.31. The molecule has 6 heteroatoms. The van der Waals surface area contributed by atoms with Gasteiger partial charge in [0.1, 0.15) is 6.07 Å². The summed E-state index contributed by atoms with van der Waals surface area (Å²) in [6.45, 7) is 1.50. The number of nitriles is 1. The molecule has 1 aromatic heterocycles. The van der Waals surface area contributed by atoms with Crippen molar-refractivity contribution in [3.8, 4) is 6.07 Å². The van der Waals surface area contributed by atoms with Gasteiger partial charge in [-0.3, -0.25) is 5.10 Å². The van der Waals surface area contributed by atoms with Gasteiger partial charge in [0.15, 0.2) is 12.3 Å². The van der Waals surface area contributed by atoms with E-state index in [1.807, 2.05) is 0 Å². The summed E-state index contributed by atoms with van der Waals surface area (Å²) in [6.07, 6.45) is 0. The second kappa shape index (κ2) is 4.05. The lowest BCUT2D eigenvalue weighted by molar-refractivity contribution is 0.0547. The maximum absolute atomic E-state index is 11.2. The summed E-state index contributed by atoms with van der Waals surface area (Å²) in [6, 6.07) is 1.70. The van der Waals surface area contributed by atoms with E-state index in [4.69, 9.17) is 5.26 Å². The van der Waals surface area contributed by atoms with E-state index in [1.165, 1.54) is 0 Å². The summed E-state index contributed by atoms with van der Waals surface area (Å²) in [5, 5.41) is 14.5. The number of H-pyrrole nitrogens is 1. The van der Waals surface area contributed by atoms with Crippen molar-refractivity contribution in [3.63, 3.8) is 0 Å². The van der Waals surface area contributed by atoms with E-state index in [2.05, 4.69) is 30.9 Å². The highest BCUT2D eigenvalue weighted by molar-refractivity contribution is 9.10. The van der Waals surface area contributed by atoms with E-state index in [1.54, 1.807) is 13.0 Å². The molecule has 0 radical (unpaired) electrons. The first-order valence-corrected chi connectivity index (χ1v) is 4.20. The molecule has 0 saturated carbocycles. The number of halogens is 1. The van der Waals surface area contributed by atoms with Crippen LogP contribution in [0.2, 0.25) is 0 Å². The number of ether oxygens (including phenoxy) is 1. The number of rotatable bonds is 2. The molecule has 68 valence electrons. The second-order valence-corrected chi connectivity index (χ2v) is 3.04. The van der Waals surface area contributed by atoms with E-state index in [-0.39, 0.29) is 12.3 Å². The van der Waals surface area contributed by atoms with Gasteiger partial charge in [-0.1, -0.05) is 0 Å². The molecular formula is C7H6BrN3O2. The topological polar surface area (TPSA) is 78.8 Å². The molecule has 1 N–H and O–H groups in total. The Bertz CT molecular complexity index is 366. The van der Waals surface area contributed by atoms with Gasteiger partial charge in [-0.15, -0.1) is 0 Å². The highest BCUT2D eigenvalue weighted by Crippen LogP contribution is 2.18. The minimum atomic E-state index is -0.613. The van der Waals surface area contributed by atoms with Crippen LogP contribution >= 0.6 is 15.9 Å². The Balaban J connectivity index is 2.78. The number of carbonyl (C=O) groups excluding carboxylic acids is 1. The van der Waals surface area contributed by atoms with Crippen molar-refractivity contribution >= 4 is 21.9 Å². The Hall–Kier alpha value is -1.35. The monoisotopic (exact) mass is 243 g/mol. The van der Waals surface area contributed by atoms with Crippen molar-refractivity contribution in [2.24, 2.45) is 0 Å². The number of nitrogens with one attached hydrogen (secondary N) is 1. The number of hydrogen-bond donors (Lipinski definition) is 1. The Labute approximate surface area is 82.8 Å². The fraction of sp³-hybridized carbons (Fsp3) is 0.286. The first kappa shape index (κ1) is 9.74. The largest absolute Gasteiger partial charge is 0.445 e. The summed E-state index contributed by atoms with van der Waals surface area (Å²) in [7, 11) is 0. The van der Waals surface area contributed by atoms with E-state index in [0.29, 0.717) is 4.47 Å². The molecule has 0 atom stereocenters. The van der Waals surface area contributed by atoms with Crippen LogP contribution in [0.4, 0.5) is 0 Å². The molecule has 0 spiro atoms. The molecule has 0 aromatic carbocycles. The lowest BCUT2D eigenvalue weighted by Crippen LogP contribution is -2.06. The van der Waals surface area contributed by atoms with Crippen LogP contribution in [-0.4, -0.2) is 22.8 Å². The van der Waals surface area contributed by atoms with Crippen LogP contribution in [0.1, 0.15) is 16.2 Å². The van der Waals surface area contributed by atoms with Gasteiger partial charge >= 0.3 is 5.97 Å². The van der Waals surface area contributed by atoms with Crippen LogP contribution in [0.3, 0.4) is 0 Å². The zero-order valence-electron chi connectivity index (χ0n) is 6.80. The third-order valence-corrected chi connectivity index (χ3v) is 2.30. The maximum Gasteiger partial charge on any atom is 0.361 e. The fourth-order valence-electron chi connectivity index (χ4n) is 0.717. The van der Waals surface area contributed by atoms with Crippen LogP contribution < -0.4 is 0 Å². The predicted molar refractivity (Wildman–Crippen MR) is 46.9 cm³/mol. The molecule has 0 aliphatic carbocycles. The quantitative estimate of drug-likeness (QED) is 0.791. The smallest absolute Gasteiger partial charge is 0.361 e. The Morgan fingerprint density at radius 2 is 2.54 bits per heavy atom. The number of nitrogens with zero attached hydrogens (tertiary/aromatic N) is 2. The van der Waals surface area contributed by atoms with Gasteiger partial charge in [0.25, 0.3) is 0 Å². The Morgan fingerprint density at radius 1 is 1.85 bits per heavy atom.